The Labute approximate surface area is 129 Å². The zero-order chi connectivity index (χ0) is 14.9. The molecule has 114 valence electrons. The molecule has 21 heavy (non-hydrogen) atoms. The van der Waals surface area contributed by atoms with Crippen LogP contribution in [0.1, 0.15) is 42.5 Å². The highest BCUT2D eigenvalue weighted by Gasteiger charge is 2.42. The van der Waals surface area contributed by atoms with Gasteiger partial charge in [-0.3, -0.25) is 4.79 Å². The zero-order valence-corrected chi connectivity index (χ0v) is 12.8. The van der Waals surface area contributed by atoms with Crippen LogP contribution in [0.5, 0.6) is 0 Å². The first-order chi connectivity index (χ1) is 10.1. The lowest BCUT2D eigenvalue weighted by molar-refractivity contribution is 0.0223. The average Bonchev–Trinajstić information content (AvgIpc) is 2.48. The summed E-state index contributed by atoms with van der Waals surface area (Å²) < 4.78 is 13.2. The van der Waals surface area contributed by atoms with E-state index in [-0.39, 0.29) is 16.5 Å². The van der Waals surface area contributed by atoms with Gasteiger partial charge in [-0.15, -0.1) is 0 Å². The molecule has 1 aromatic rings. The summed E-state index contributed by atoms with van der Waals surface area (Å²) in [4.78, 5) is 14.9. The molecule has 5 heteroatoms. The molecule has 0 radical (unpaired) electrons. The number of hydrogen-bond donors (Lipinski definition) is 1. The Morgan fingerprint density at radius 2 is 2.05 bits per heavy atom. The van der Waals surface area contributed by atoms with Crippen molar-refractivity contribution in [3.05, 3.63) is 34.6 Å². The normalized spacial score (nSPS) is 21.5. The van der Waals surface area contributed by atoms with E-state index in [0.717, 1.165) is 38.8 Å². The molecule has 2 aliphatic rings. The molecular formula is C16H20ClFN2O. The summed E-state index contributed by atoms with van der Waals surface area (Å²) in [5, 5.41) is 3.62. The van der Waals surface area contributed by atoms with Gasteiger partial charge in [0.25, 0.3) is 5.91 Å². The molecule has 0 atom stereocenters. The molecule has 1 saturated heterocycles. The van der Waals surface area contributed by atoms with Crippen LogP contribution in [0.25, 0.3) is 0 Å². The lowest BCUT2D eigenvalue weighted by Gasteiger charge is -2.50. The largest absolute Gasteiger partial charge is 0.330 e. The second kappa shape index (κ2) is 5.93. The molecule has 1 spiro atoms. The molecule has 1 heterocycles. The smallest absolute Gasteiger partial charge is 0.255 e. The molecule has 0 bridgehead atoms. The Morgan fingerprint density at radius 3 is 2.76 bits per heavy atom. The summed E-state index contributed by atoms with van der Waals surface area (Å²) in [5.41, 5.74) is 0.315. The number of amides is 1. The van der Waals surface area contributed by atoms with Crippen LogP contribution >= 0.6 is 11.6 Å². The summed E-state index contributed by atoms with van der Waals surface area (Å²) >= 11 is 6.07. The molecule has 0 unspecified atom stereocenters. The van der Waals surface area contributed by atoms with E-state index in [4.69, 9.17) is 11.6 Å². The molecule has 1 aliphatic carbocycles. The number of halogens is 2. The number of piperazine rings is 1. The van der Waals surface area contributed by atoms with Gasteiger partial charge in [0.05, 0.1) is 16.1 Å². The van der Waals surface area contributed by atoms with Crippen LogP contribution in [0.15, 0.2) is 18.2 Å². The van der Waals surface area contributed by atoms with E-state index < -0.39 is 5.82 Å². The van der Waals surface area contributed by atoms with Crippen molar-refractivity contribution in [1.82, 2.24) is 10.2 Å². The van der Waals surface area contributed by atoms with Crippen LogP contribution in [-0.4, -0.2) is 36.0 Å². The Balaban J connectivity index is 1.90. The minimum Gasteiger partial charge on any atom is -0.330 e. The molecule has 3 rings (SSSR count). The second-order valence-corrected chi connectivity index (χ2v) is 6.45. The van der Waals surface area contributed by atoms with Gasteiger partial charge in [0.2, 0.25) is 0 Å². The predicted molar refractivity (Wildman–Crippen MR) is 81.1 cm³/mol. The van der Waals surface area contributed by atoms with Crippen molar-refractivity contribution >= 4 is 17.5 Å². The van der Waals surface area contributed by atoms with Gasteiger partial charge in [-0.05, 0) is 31.0 Å². The van der Waals surface area contributed by atoms with Crippen LogP contribution in [0.4, 0.5) is 4.39 Å². The number of benzene rings is 1. The number of nitrogens with zero attached hydrogens (tertiary/aromatic N) is 1. The fraction of sp³-hybridized carbons (Fsp3) is 0.562. The van der Waals surface area contributed by atoms with Gasteiger partial charge in [-0.25, -0.2) is 4.39 Å². The van der Waals surface area contributed by atoms with Crippen LogP contribution < -0.4 is 5.32 Å². The standard InChI is InChI=1S/C16H20ClFN2O/c17-14-10-12(18)4-5-13(14)15(21)20-9-8-19-11-16(20)6-2-1-3-7-16/h4-5,10,19H,1-3,6-9,11H2. The van der Waals surface area contributed by atoms with E-state index in [2.05, 4.69) is 5.32 Å². The van der Waals surface area contributed by atoms with Crippen molar-refractivity contribution in [1.29, 1.82) is 0 Å². The van der Waals surface area contributed by atoms with Gasteiger partial charge >= 0.3 is 0 Å². The Hall–Kier alpha value is -1.13. The van der Waals surface area contributed by atoms with Crippen molar-refractivity contribution < 1.29 is 9.18 Å². The molecule has 1 aliphatic heterocycles. The molecule has 2 fully saturated rings. The maximum atomic E-state index is 13.2. The monoisotopic (exact) mass is 310 g/mol. The first-order valence-corrected chi connectivity index (χ1v) is 7.98. The van der Waals surface area contributed by atoms with E-state index in [1.165, 1.54) is 24.6 Å². The van der Waals surface area contributed by atoms with Crippen molar-refractivity contribution in [2.45, 2.75) is 37.6 Å². The third-order valence-electron chi connectivity index (χ3n) is 4.73. The summed E-state index contributed by atoms with van der Waals surface area (Å²) in [5.74, 6) is -0.479. The number of rotatable bonds is 1. The van der Waals surface area contributed by atoms with Gasteiger partial charge in [0.1, 0.15) is 5.82 Å². The van der Waals surface area contributed by atoms with Gasteiger partial charge in [-0.2, -0.15) is 0 Å². The number of hydrogen-bond acceptors (Lipinski definition) is 2. The molecule has 1 saturated carbocycles. The van der Waals surface area contributed by atoms with Crippen LogP contribution in [-0.2, 0) is 0 Å². The first kappa shape index (κ1) is 14.8. The Kier molecular flexibility index (Phi) is 4.18. The maximum Gasteiger partial charge on any atom is 0.255 e. The number of carbonyl (C=O) groups excluding carboxylic acids is 1. The van der Waals surface area contributed by atoms with E-state index in [9.17, 15) is 9.18 Å². The molecule has 1 aromatic carbocycles. The van der Waals surface area contributed by atoms with Crippen molar-refractivity contribution in [2.24, 2.45) is 0 Å². The van der Waals surface area contributed by atoms with Gasteiger partial charge in [-0.1, -0.05) is 30.9 Å². The van der Waals surface area contributed by atoms with Crippen molar-refractivity contribution in [2.75, 3.05) is 19.6 Å². The SMILES string of the molecule is O=C(c1ccc(F)cc1Cl)N1CCNCC12CCCCC2. The molecular weight excluding hydrogens is 291 g/mol. The lowest BCUT2D eigenvalue weighted by atomic mass is 9.78. The summed E-state index contributed by atoms with van der Waals surface area (Å²) in [6.45, 7) is 2.33. The third kappa shape index (κ3) is 2.79. The number of nitrogens with one attached hydrogen (secondary N) is 1. The zero-order valence-electron chi connectivity index (χ0n) is 12.0. The minimum atomic E-state index is -0.413. The molecule has 3 nitrogen and oxygen atoms in total. The van der Waals surface area contributed by atoms with E-state index >= 15 is 0 Å². The third-order valence-corrected chi connectivity index (χ3v) is 5.04. The maximum absolute atomic E-state index is 13.2. The second-order valence-electron chi connectivity index (χ2n) is 6.04. The van der Waals surface area contributed by atoms with Crippen LogP contribution in [0, 0.1) is 5.82 Å². The highest BCUT2D eigenvalue weighted by Crippen LogP contribution is 2.36. The molecule has 1 N–H and O–H groups in total. The average molecular weight is 311 g/mol. The van der Waals surface area contributed by atoms with Crippen molar-refractivity contribution in [3.63, 3.8) is 0 Å². The van der Waals surface area contributed by atoms with E-state index in [0.29, 0.717) is 12.1 Å². The molecule has 1 amide bonds. The van der Waals surface area contributed by atoms with E-state index in [1.54, 1.807) is 0 Å². The van der Waals surface area contributed by atoms with Gasteiger partial charge in [0, 0.05) is 19.6 Å². The quantitative estimate of drug-likeness (QED) is 0.864. The topological polar surface area (TPSA) is 32.3 Å². The van der Waals surface area contributed by atoms with Crippen LogP contribution in [0.2, 0.25) is 5.02 Å². The lowest BCUT2D eigenvalue weighted by Crippen LogP contribution is -2.63. The highest BCUT2D eigenvalue weighted by atomic mass is 35.5. The first-order valence-electron chi connectivity index (χ1n) is 7.60. The summed E-state index contributed by atoms with van der Waals surface area (Å²) in [7, 11) is 0. The van der Waals surface area contributed by atoms with E-state index in [1.807, 2.05) is 4.90 Å². The molecule has 0 aromatic heterocycles. The summed E-state index contributed by atoms with van der Waals surface area (Å²) in [6, 6.07) is 4.01. The van der Waals surface area contributed by atoms with Crippen molar-refractivity contribution in [3.8, 4) is 0 Å². The highest BCUT2D eigenvalue weighted by molar-refractivity contribution is 6.33. The minimum absolute atomic E-state index is 0.0663. The fourth-order valence-corrected chi connectivity index (χ4v) is 3.87. The predicted octanol–water partition coefficient (Wildman–Crippen LogP) is 3.23. The van der Waals surface area contributed by atoms with Gasteiger partial charge in [0.15, 0.2) is 0 Å². The number of carbonyl (C=O) groups is 1. The fourth-order valence-electron chi connectivity index (χ4n) is 3.63. The Morgan fingerprint density at radius 1 is 1.29 bits per heavy atom. The van der Waals surface area contributed by atoms with Crippen LogP contribution in [0.3, 0.4) is 0 Å². The summed E-state index contributed by atoms with van der Waals surface area (Å²) in [6.07, 6.45) is 5.61. The Bertz CT molecular complexity index is 535. The van der Waals surface area contributed by atoms with Gasteiger partial charge < -0.3 is 10.2 Å².